The second-order valence-corrected chi connectivity index (χ2v) is 4.36. The van der Waals surface area contributed by atoms with Gasteiger partial charge in [0.25, 0.3) is 0 Å². The molecule has 0 atom stereocenters. The topological polar surface area (TPSA) is 44.5 Å². The van der Waals surface area contributed by atoms with Gasteiger partial charge in [0.05, 0.1) is 0 Å². The lowest BCUT2D eigenvalue weighted by molar-refractivity contribution is 0.971. The fraction of sp³-hybridized carbons (Fsp3) is 0.0909. The normalized spacial score (nSPS) is 10.3. The van der Waals surface area contributed by atoms with E-state index in [0.717, 1.165) is 21.9 Å². The maximum Gasteiger partial charge on any atom is 0.213 e. The Balaban J connectivity index is 2.25. The Labute approximate surface area is 104 Å². The largest absolute Gasteiger partial charge is 0.285 e. The Hall–Kier alpha value is -1.33. The van der Waals surface area contributed by atoms with Gasteiger partial charge in [0, 0.05) is 11.3 Å². The van der Waals surface area contributed by atoms with Crippen LogP contribution in [-0.2, 0) is 6.42 Å². The van der Waals surface area contributed by atoms with Crippen molar-refractivity contribution in [1.29, 1.82) is 0 Å². The third-order valence-corrected chi connectivity index (χ3v) is 2.63. The zero-order valence-corrected chi connectivity index (χ0v) is 10.2. The van der Waals surface area contributed by atoms with Crippen molar-refractivity contribution < 1.29 is 0 Å². The van der Waals surface area contributed by atoms with Gasteiger partial charge in [-0.25, -0.2) is 4.98 Å². The molecule has 0 radical (unpaired) electrons. The van der Waals surface area contributed by atoms with Crippen LogP contribution in [0.4, 0.5) is 0 Å². The third kappa shape index (κ3) is 2.62. The average Bonchev–Trinajstić information content (AvgIpc) is 2.64. The predicted molar refractivity (Wildman–Crippen MR) is 71.0 cm³/mol. The van der Waals surface area contributed by atoms with Gasteiger partial charge in [-0.1, -0.05) is 30.8 Å². The van der Waals surface area contributed by atoms with Crippen LogP contribution in [0.3, 0.4) is 0 Å². The number of H-pyrrole nitrogens is 2. The van der Waals surface area contributed by atoms with E-state index >= 15 is 0 Å². The quantitative estimate of drug-likeness (QED) is 0.578. The Kier molecular flexibility index (Phi) is 3.26. The standard InChI is InChI=1S/C11H11N3S2/c1-7(15)9-4-2-3-8(5-9)6-10-12-11(16)14-13-10/h2-5,15H,1,6H2,(H2,12,13,14,16). The van der Waals surface area contributed by atoms with E-state index < -0.39 is 0 Å². The number of aromatic nitrogens is 3. The number of hydrogen-bond donors (Lipinski definition) is 3. The fourth-order valence-corrected chi connectivity index (χ4v) is 1.74. The van der Waals surface area contributed by atoms with E-state index in [-0.39, 0.29) is 0 Å². The van der Waals surface area contributed by atoms with Gasteiger partial charge in [-0.15, -0.1) is 12.6 Å². The first kappa shape index (κ1) is 11.2. The molecule has 2 rings (SSSR count). The Bertz CT molecular complexity index is 568. The molecule has 2 N–H and O–H groups in total. The van der Waals surface area contributed by atoms with E-state index in [9.17, 15) is 0 Å². The molecule has 3 nitrogen and oxygen atoms in total. The monoisotopic (exact) mass is 249 g/mol. The zero-order valence-electron chi connectivity index (χ0n) is 8.53. The van der Waals surface area contributed by atoms with Crippen molar-refractivity contribution in [2.24, 2.45) is 0 Å². The maximum atomic E-state index is 4.89. The maximum absolute atomic E-state index is 4.89. The summed E-state index contributed by atoms with van der Waals surface area (Å²) in [5, 5.41) is 5.69. The molecule has 0 fully saturated rings. The molecule has 0 saturated heterocycles. The molecule has 0 bridgehead atoms. The molecule has 5 heteroatoms. The third-order valence-electron chi connectivity index (χ3n) is 2.18. The number of benzene rings is 1. The Morgan fingerprint density at radius 3 is 2.88 bits per heavy atom. The van der Waals surface area contributed by atoms with Crippen LogP contribution in [0.15, 0.2) is 30.8 Å². The van der Waals surface area contributed by atoms with Crippen LogP contribution in [0.1, 0.15) is 17.0 Å². The van der Waals surface area contributed by atoms with Crippen LogP contribution in [-0.4, -0.2) is 15.2 Å². The molecule has 0 aliphatic heterocycles. The summed E-state index contributed by atoms with van der Waals surface area (Å²) in [6.07, 6.45) is 0.710. The van der Waals surface area contributed by atoms with E-state index in [1.54, 1.807) is 0 Å². The number of nitrogens with zero attached hydrogens (tertiary/aromatic N) is 1. The molecule has 0 aliphatic carbocycles. The van der Waals surface area contributed by atoms with Gasteiger partial charge in [0.15, 0.2) is 0 Å². The molecule has 1 heterocycles. The molecule has 0 aliphatic rings. The molecule has 16 heavy (non-hydrogen) atoms. The lowest BCUT2D eigenvalue weighted by Gasteiger charge is -2.02. The molecular weight excluding hydrogens is 238 g/mol. The molecule has 1 aromatic carbocycles. The molecular formula is C11H11N3S2. The Morgan fingerprint density at radius 2 is 2.25 bits per heavy atom. The second-order valence-electron chi connectivity index (χ2n) is 3.44. The van der Waals surface area contributed by atoms with Gasteiger partial charge in [-0.2, -0.15) is 0 Å². The van der Waals surface area contributed by atoms with Gasteiger partial charge in [-0.3, -0.25) is 10.2 Å². The van der Waals surface area contributed by atoms with E-state index in [2.05, 4.69) is 34.4 Å². The Morgan fingerprint density at radius 1 is 1.44 bits per heavy atom. The molecule has 0 unspecified atom stereocenters. The molecule has 2 aromatic rings. The minimum Gasteiger partial charge on any atom is -0.285 e. The van der Waals surface area contributed by atoms with Crippen LogP contribution < -0.4 is 0 Å². The van der Waals surface area contributed by atoms with E-state index in [1.165, 1.54) is 0 Å². The summed E-state index contributed by atoms with van der Waals surface area (Å²) < 4.78 is 0.477. The average molecular weight is 249 g/mol. The lowest BCUT2D eigenvalue weighted by atomic mass is 10.1. The number of aromatic amines is 2. The number of rotatable bonds is 3. The summed E-state index contributed by atoms with van der Waals surface area (Å²) in [4.78, 5) is 4.90. The summed E-state index contributed by atoms with van der Waals surface area (Å²) in [6.45, 7) is 3.80. The van der Waals surface area contributed by atoms with Crippen LogP contribution in [0, 0.1) is 4.77 Å². The molecule has 0 amide bonds. The van der Waals surface area contributed by atoms with Crippen molar-refractivity contribution in [1.82, 2.24) is 15.2 Å². The minimum absolute atomic E-state index is 0.477. The highest BCUT2D eigenvalue weighted by Gasteiger charge is 2.01. The van der Waals surface area contributed by atoms with E-state index in [1.807, 2.05) is 24.3 Å². The summed E-state index contributed by atoms with van der Waals surface area (Å²) in [6, 6.07) is 8.03. The highest BCUT2D eigenvalue weighted by molar-refractivity contribution is 7.90. The lowest BCUT2D eigenvalue weighted by Crippen LogP contribution is -1.91. The molecule has 1 aromatic heterocycles. The molecule has 0 saturated carbocycles. The van der Waals surface area contributed by atoms with Gasteiger partial charge in [0.2, 0.25) is 4.77 Å². The molecule has 82 valence electrons. The van der Waals surface area contributed by atoms with Crippen LogP contribution in [0.5, 0.6) is 0 Å². The van der Waals surface area contributed by atoms with Crippen LogP contribution >= 0.6 is 24.8 Å². The number of thiol groups is 1. The van der Waals surface area contributed by atoms with Gasteiger partial charge >= 0.3 is 0 Å². The summed E-state index contributed by atoms with van der Waals surface area (Å²) in [5.41, 5.74) is 2.17. The number of hydrogen-bond acceptors (Lipinski definition) is 3. The smallest absolute Gasteiger partial charge is 0.213 e. The number of nitrogens with one attached hydrogen (secondary N) is 2. The second kappa shape index (κ2) is 4.67. The first-order chi connectivity index (χ1) is 7.65. The first-order valence-corrected chi connectivity index (χ1v) is 5.61. The SMILES string of the molecule is C=C(S)c1cccc(Cc2nc(=S)[nH][nH]2)c1. The van der Waals surface area contributed by atoms with Gasteiger partial charge in [0.1, 0.15) is 5.82 Å². The molecule has 0 spiro atoms. The van der Waals surface area contributed by atoms with Crippen molar-refractivity contribution in [3.63, 3.8) is 0 Å². The van der Waals surface area contributed by atoms with Crippen molar-refractivity contribution in [2.45, 2.75) is 6.42 Å². The predicted octanol–water partition coefficient (Wildman–Crippen LogP) is 2.96. The van der Waals surface area contributed by atoms with Crippen molar-refractivity contribution in [3.05, 3.63) is 52.6 Å². The summed E-state index contributed by atoms with van der Waals surface area (Å²) in [5.74, 6) is 0.826. The van der Waals surface area contributed by atoms with Crippen LogP contribution in [0.2, 0.25) is 0 Å². The van der Waals surface area contributed by atoms with Crippen molar-refractivity contribution >= 4 is 29.8 Å². The fourth-order valence-electron chi connectivity index (χ4n) is 1.44. The highest BCUT2D eigenvalue weighted by Crippen LogP contribution is 2.17. The van der Waals surface area contributed by atoms with E-state index in [0.29, 0.717) is 11.2 Å². The van der Waals surface area contributed by atoms with Crippen LogP contribution in [0.25, 0.3) is 4.91 Å². The van der Waals surface area contributed by atoms with E-state index in [4.69, 9.17) is 12.2 Å². The first-order valence-electron chi connectivity index (χ1n) is 4.76. The van der Waals surface area contributed by atoms with Gasteiger partial charge < -0.3 is 0 Å². The summed E-state index contributed by atoms with van der Waals surface area (Å²) >= 11 is 9.12. The zero-order chi connectivity index (χ0) is 11.5. The van der Waals surface area contributed by atoms with Crippen molar-refractivity contribution in [2.75, 3.05) is 0 Å². The minimum atomic E-state index is 0.477. The van der Waals surface area contributed by atoms with Crippen molar-refractivity contribution in [3.8, 4) is 0 Å². The highest BCUT2D eigenvalue weighted by atomic mass is 32.1. The summed E-state index contributed by atoms with van der Waals surface area (Å²) in [7, 11) is 0. The van der Waals surface area contributed by atoms with Gasteiger partial charge in [-0.05, 0) is 23.3 Å².